The molecule has 0 N–H and O–H groups in total. The van der Waals surface area contributed by atoms with E-state index in [-0.39, 0.29) is 12.4 Å². The van der Waals surface area contributed by atoms with Crippen LogP contribution < -0.4 is 14.2 Å². The first-order valence-electron chi connectivity index (χ1n) is 6.59. The maximum Gasteiger partial charge on any atom is 0.203 e. The van der Waals surface area contributed by atoms with E-state index in [0.717, 1.165) is 5.56 Å². The van der Waals surface area contributed by atoms with Crippen molar-refractivity contribution in [1.29, 1.82) is 0 Å². The van der Waals surface area contributed by atoms with E-state index in [1.165, 1.54) is 0 Å². The number of methoxy groups -OCH3 is 2. The van der Waals surface area contributed by atoms with Crippen molar-refractivity contribution in [3.8, 4) is 17.2 Å². The van der Waals surface area contributed by atoms with Crippen LogP contribution in [0.15, 0.2) is 42.5 Å². The van der Waals surface area contributed by atoms with Gasteiger partial charge in [-0.2, -0.15) is 0 Å². The standard InChI is InChI=1S/C17H18O4/c1-12-6-4-7-13(10-12)14(18)11-21-17-15(19-2)8-5-9-16(17)20-3/h4-10H,11H2,1-3H3. The van der Waals surface area contributed by atoms with Gasteiger partial charge < -0.3 is 14.2 Å². The molecule has 0 spiro atoms. The van der Waals surface area contributed by atoms with Gasteiger partial charge in [-0.1, -0.05) is 29.8 Å². The molecular weight excluding hydrogens is 268 g/mol. The number of ether oxygens (including phenoxy) is 3. The molecule has 0 aliphatic carbocycles. The maximum atomic E-state index is 12.2. The number of benzene rings is 2. The fourth-order valence-corrected chi connectivity index (χ4v) is 2.00. The topological polar surface area (TPSA) is 44.8 Å². The average Bonchev–Trinajstić information content (AvgIpc) is 2.52. The third kappa shape index (κ3) is 3.54. The normalized spacial score (nSPS) is 10.0. The van der Waals surface area contributed by atoms with Gasteiger partial charge in [-0.15, -0.1) is 0 Å². The zero-order valence-corrected chi connectivity index (χ0v) is 12.4. The van der Waals surface area contributed by atoms with Crippen LogP contribution in [-0.2, 0) is 0 Å². The van der Waals surface area contributed by atoms with Crippen molar-refractivity contribution in [2.45, 2.75) is 6.92 Å². The van der Waals surface area contributed by atoms with E-state index in [1.54, 1.807) is 38.5 Å². The van der Waals surface area contributed by atoms with Crippen molar-refractivity contribution in [2.24, 2.45) is 0 Å². The Balaban J connectivity index is 2.14. The molecule has 0 aromatic heterocycles. The molecule has 2 aromatic carbocycles. The molecule has 4 heteroatoms. The van der Waals surface area contributed by atoms with Crippen LogP contribution in [0.25, 0.3) is 0 Å². The van der Waals surface area contributed by atoms with Gasteiger partial charge in [0.05, 0.1) is 14.2 Å². The summed E-state index contributed by atoms with van der Waals surface area (Å²) in [7, 11) is 3.09. The molecule has 2 aromatic rings. The first-order chi connectivity index (χ1) is 10.2. The van der Waals surface area contributed by atoms with Gasteiger partial charge >= 0.3 is 0 Å². The monoisotopic (exact) mass is 286 g/mol. The number of hydrogen-bond donors (Lipinski definition) is 0. The summed E-state index contributed by atoms with van der Waals surface area (Å²) in [4.78, 5) is 12.2. The highest BCUT2D eigenvalue weighted by atomic mass is 16.5. The summed E-state index contributed by atoms with van der Waals surface area (Å²) < 4.78 is 16.1. The molecule has 0 saturated carbocycles. The number of ketones is 1. The van der Waals surface area contributed by atoms with E-state index in [0.29, 0.717) is 22.8 Å². The highest BCUT2D eigenvalue weighted by Crippen LogP contribution is 2.36. The molecule has 0 unspecified atom stereocenters. The van der Waals surface area contributed by atoms with E-state index in [2.05, 4.69) is 0 Å². The van der Waals surface area contributed by atoms with Gasteiger partial charge in [0, 0.05) is 5.56 Å². The van der Waals surface area contributed by atoms with Gasteiger partial charge in [-0.25, -0.2) is 0 Å². The van der Waals surface area contributed by atoms with Crippen molar-refractivity contribution in [3.63, 3.8) is 0 Å². The first-order valence-corrected chi connectivity index (χ1v) is 6.59. The molecule has 0 saturated heterocycles. The minimum absolute atomic E-state index is 0.0693. The van der Waals surface area contributed by atoms with Crippen molar-refractivity contribution in [3.05, 3.63) is 53.6 Å². The Morgan fingerprint density at radius 3 is 2.19 bits per heavy atom. The fourth-order valence-electron chi connectivity index (χ4n) is 2.00. The van der Waals surface area contributed by atoms with Gasteiger partial charge in [0.2, 0.25) is 5.75 Å². The van der Waals surface area contributed by atoms with Gasteiger partial charge in [-0.3, -0.25) is 4.79 Å². The number of para-hydroxylation sites is 1. The van der Waals surface area contributed by atoms with Crippen LogP contribution in [0.4, 0.5) is 0 Å². The van der Waals surface area contributed by atoms with E-state index in [9.17, 15) is 4.79 Å². The lowest BCUT2D eigenvalue weighted by Gasteiger charge is -2.13. The van der Waals surface area contributed by atoms with Crippen molar-refractivity contribution in [1.82, 2.24) is 0 Å². The van der Waals surface area contributed by atoms with Crippen LogP contribution in [0.1, 0.15) is 15.9 Å². The smallest absolute Gasteiger partial charge is 0.203 e. The van der Waals surface area contributed by atoms with Crippen LogP contribution in [0.3, 0.4) is 0 Å². The number of carbonyl (C=O) groups is 1. The summed E-state index contributed by atoms with van der Waals surface area (Å²) in [5.41, 5.74) is 1.67. The highest BCUT2D eigenvalue weighted by Gasteiger charge is 2.14. The molecule has 110 valence electrons. The second kappa shape index (κ2) is 6.79. The van der Waals surface area contributed by atoms with E-state index >= 15 is 0 Å². The SMILES string of the molecule is COc1cccc(OC)c1OCC(=O)c1cccc(C)c1. The predicted molar refractivity (Wildman–Crippen MR) is 80.6 cm³/mol. The lowest BCUT2D eigenvalue weighted by Crippen LogP contribution is -2.12. The van der Waals surface area contributed by atoms with Crippen molar-refractivity contribution < 1.29 is 19.0 Å². The zero-order chi connectivity index (χ0) is 15.2. The van der Waals surface area contributed by atoms with Crippen molar-refractivity contribution >= 4 is 5.78 Å². The minimum atomic E-state index is -0.0911. The fraction of sp³-hybridized carbons (Fsp3) is 0.235. The highest BCUT2D eigenvalue weighted by molar-refractivity contribution is 5.97. The van der Waals surface area contributed by atoms with Gasteiger partial charge in [0.1, 0.15) is 0 Å². The summed E-state index contributed by atoms with van der Waals surface area (Å²) in [5.74, 6) is 1.41. The molecule has 0 aliphatic rings. The minimum Gasteiger partial charge on any atom is -0.493 e. The van der Waals surface area contributed by atoms with Crippen LogP contribution >= 0.6 is 0 Å². The molecule has 0 radical (unpaired) electrons. The Hall–Kier alpha value is -2.49. The molecule has 21 heavy (non-hydrogen) atoms. The lowest BCUT2D eigenvalue weighted by atomic mass is 10.1. The van der Waals surface area contributed by atoms with Crippen LogP contribution in [-0.4, -0.2) is 26.6 Å². The van der Waals surface area contributed by atoms with Gasteiger partial charge in [-0.05, 0) is 25.1 Å². The second-order valence-electron chi connectivity index (χ2n) is 4.57. The lowest BCUT2D eigenvalue weighted by molar-refractivity contribution is 0.0917. The summed E-state index contributed by atoms with van der Waals surface area (Å²) >= 11 is 0. The third-order valence-electron chi connectivity index (χ3n) is 3.07. The number of Topliss-reactive ketones (excluding diaryl/α,β-unsaturated/α-hetero) is 1. The van der Waals surface area contributed by atoms with E-state index in [1.807, 2.05) is 25.1 Å². The molecule has 0 atom stereocenters. The molecule has 0 heterocycles. The summed E-state index contributed by atoms with van der Waals surface area (Å²) in [5, 5.41) is 0. The molecular formula is C17H18O4. The van der Waals surface area contributed by atoms with E-state index in [4.69, 9.17) is 14.2 Å². The van der Waals surface area contributed by atoms with Gasteiger partial charge in [0.25, 0.3) is 0 Å². The zero-order valence-electron chi connectivity index (χ0n) is 12.4. The third-order valence-corrected chi connectivity index (χ3v) is 3.07. The number of hydrogen-bond acceptors (Lipinski definition) is 4. The maximum absolute atomic E-state index is 12.2. The number of aryl methyl sites for hydroxylation is 1. The molecule has 0 aliphatic heterocycles. The molecule has 4 nitrogen and oxygen atoms in total. The number of carbonyl (C=O) groups excluding carboxylic acids is 1. The predicted octanol–water partition coefficient (Wildman–Crippen LogP) is 3.27. The van der Waals surface area contributed by atoms with E-state index < -0.39 is 0 Å². The molecule has 0 amide bonds. The quantitative estimate of drug-likeness (QED) is 0.764. The largest absolute Gasteiger partial charge is 0.493 e. The van der Waals surface area contributed by atoms with Crippen molar-refractivity contribution in [2.75, 3.05) is 20.8 Å². The van der Waals surface area contributed by atoms with Crippen LogP contribution in [0.2, 0.25) is 0 Å². The molecule has 0 fully saturated rings. The Morgan fingerprint density at radius 1 is 1.00 bits per heavy atom. The summed E-state index contributed by atoms with van der Waals surface area (Å²) in [6.07, 6.45) is 0. The molecule has 0 bridgehead atoms. The summed E-state index contributed by atoms with van der Waals surface area (Å²) in [6.45, 7) is 1.88. The van der Waals surface area contributed by atoms with Crippen LogP contribution in [0, 0.1) is 6.92 Å². The number of rotatable bonds is 6. The second-order valence-corrected chi connectivity index (χ2v) is 4.57. The Bertz CT molecular complexity index is 612. The van der Waals surface area contributed by atoms with Crippen LogP contribution in [0.5, 0.6) is 17.2 Å². The summed E-state index contributed by atoms with van der Waals surface area (Å²) in [6, 6.07) is 12.7. The van der Waals surface area contributed by atoms with Gasteiger partial charge in [0.15, 0.2) is 23.9 Å². The Morgan fingerprint density at radius 2 is 1.62 bits per heavy atom. The molecule has 2 rings (SSSR count). The first kappa shape index (κ1) is 14.9. The Kier molecular flexibility index (Phi) is 4.82. The Labute approximate surface area is 124 Å². The average molecular weight is 286 g/mol.